The largest absolute Gasteiger partial charge is 0.492 e. The Balaban J connectivity index is 0.00000208. The maximum atomic E-state index is 12.4. The van der Waals surface area contributed by atoms with Crippen molar-refractivity contribution in [2.75, 3.05) is 25.0 Å². The molecule has 1 aromatic heterocycles. The zero-order chi connectivity index (χ0) is 16.1. The van der Waals surface area contributed by atoms with Crippen LogP contribution in [0.1, 0.15) is 36.3 Å². The van der Waals surface area contributed by atoms with Crippen LogP contribution in [0.5, 0.6) is 5.75 Å². The summed E-state index contributed by atoms with van der Waals surface area (Å²) in [4.78, 5) is 12.4. The first-order valence-electron chi connectivity index (χ1n) is 8.07. The second-order valence-electron chi connectivity index (χ2n) is 5.56. The van der Waals surface area contributed by atoms with Gasteiger partial charge in [0.15, 0.2) is 5.69 Å². The summed E-state index contributed by atoms with van der Waals surface area (Å²) >= 11 is 0. The minimum atomic E-state index is -0.223. The van der Waals surface area contributed by atoms with Crippen molar-refractivity contribution in [2.24, 2.45) is 0 Å². The molecule has 1 aliphatic rings. The molecule has 1 amide bonds. The predicted molar refractivity (Wildman–Crippen MR) is 96.2 cm³/mol. The second kappa shape index (κ2) is 8.70. The molecular formula is C17H23ClN4O2. The van der Waals surface area contributed by atoms with Gasteiger partial charge in [-0.2, -0.15) is 5.10 Å². The Hall–Kier alpha value is -2.05. The van der Waals surface area contributed by atoms with Crippen LogP contribution in [0.3, 0.4) is 0 Å². The van der Waals surface area contributed by atoms with Crippen LogP contribution in [0.2, 0.25) is 0 Å². The summed E-state index contributed by atoms with van der Waals surface area (Å²) in [5, 5.41) is 10.7. The van der Waals surface area contributed by atoms with Gasteiger partial charge in [0.1, 0.15) is 5.75 Å². The zero-order valence-electron chi connectivity index (χ0n) is 13.7. The molecule has 2 N–H and O–H groups in total. The van der Waals surface area contributed by atoms with Gasteiger partial charge in [-0.05, 0) is 44.5 Å². The number of aromatic nitrogens is 2. The number of halogens is 1. The van der Waals surface area contributed by atoms with Crippen molar-refractivity contribution in [1.82, 2.24) is 15.1 Å². The summed E-state index contributed by atoms with van der Waals surface area (Å²) < 4.78 is 7.41. The van der Waals surface area contributed by atoms with Gasteiger partial charge in [-0.1, -0.05) is 12.1 Å². The fourth-order valence-electron chi connectivity index (χ4n) is 2.76. The molecule has 2 aromatic rings. The number of benzene rings is 1. The van der Waals surface area contributed by atoms with E-state index in [9.17, 15) is 4.79 Å². The summed E-state index contributed by atoms with van der Waals surface area (Å²) in [6.45, 7) is 4.42. The Morgan fingerprint density at radius 1 is 1.42 bits per heavy atom. The molecule has 1 fully saturated rings. The number of nitrogens with one attached hydrogen (secondary N) is 2. The van der Waals surface area contributed by atoms with Crippen LogP contribution < -0.4 is 15.4 Å². The summed E-state index contributed by atoms with van der Waals surface area (Å²) in [7, 11) is 0. The minimum Gasteiger partial charge on any atom is -0.492 e. The number of hydrogen-bond donors (Lipinski definition) is 2. The van der Waals surface area contributed by atoms with Crippen molar-refractivity contribution in [3.63, 3.8) is 0 Å². The van der Waals surface area contributed by atoms with Crippen molar-refractivity contribution < 1.29 is 9.53 Å². The first-order valence-corrected chi connectivity index (χ1v) is 8.07. The SMILES string of the molecule is CCOc1ccccc1NC(=O)c1ccn(C2CCCNC2)n1.Cl. The van der Waals surface area contributed by atoms with E-state index in [1.807, 2.05) is 42.1 Å². The molecule has 3 rings (SSSR count). The standard InChI is InChI=1S/C17H22N4O2.ClH/c1-2-23-16-8-4-3-7-14(16)19-17(22)15-9-11-21(20-15)13-6-5-10-18-12-13;/h3-4,7-9,11,13,18H,2,5-6,10,12H2,1H3,(H,19,22);1H. The normalized spacial score (nSPS) is 17.0. The highest BCUT2D eigenvalue weighted by molar-refractivity contribution is 6.03. The van der Waals surface area contributed by atoms with Crippen molar-refractivity contribution in [2.45, 2.75) is 25.8 Å². The van der Waals surface area contributed by atoms with Gasteiger partial charge in [0.05, 0.1) is 18.3 Å². The minimum absolute atomic E-state index is 0. The van der Waals surface area contributed by atoms with E-state index in [4.69, 9.17) is 4.74 Å². The molecule has 0 spiro atoms. The van der Waals surface area contributed by atoms with Gasteiger partial charge in [-0.3, -0.25) is 9.48 Å². The van der Waals surface area contributed by atoms with E-state index in [0.29, 0.717) is 29.8 Å². The fourth-order valence-corrected chi connectivity index (χ4v) is 2.76. The Bertz CT molecular complexity index is 668. The van der Waals surface area contributed by atoms with Crippen LogP contribution in [-0.4, -0.2) is 35.4 Å². The molecule has 1 aromatic carbocycles. The molecule has 1 saturated heterocycles. The second-order valence-corrected chi connectivity index (χ2v) is 5.56. The molecule has 7 heteroatoms. The smallest absolute Gasteiger partial charge is 0.276 e. The fraction of sp³-hybridized carbons (Fsp3) is 0.412. The Kier molecular flexibility index (Phi) is 6.63. The van der Waals surface area contributed by atoms with Crippen molar-refractivity contribution >= 4 is 24.0 Å². The number of ether oxygens (including phenoxy) is 1. The molecule has 1 atom stereocenters. The Morgan fingerprint density at radius 2 is 2.25 bits per heavy atom. The average molecular weight is 351 g/mol. The van der Waals surface area contributed by atoms with Gasteiger partial charge in [0, 0.05) is 12.7 Å². The molecule has 24 heavy (non-hydrogen) atoms. The first-order chi connectivity index (χ1) is 11.3. The molecule has 1 aliphatic heterocycles. The van der Waals surface area contributed by atoms with Gasteiger partial charge in [-0.15, -0.1) is 12.4 Å². The van der Waals surface area contributed by atoms with E-state index in [1.54, 1.807) is 6.07 Å². The summed E-state index contributed by atoms with van der Waals surface area (Å²) in [5.41, 5.74) is 1.08. The van der Waals surface area contributed by atoms with Crippen LogP contribution >= 0.6 is 12.4 Å². The highest BCUT2D eigenvalue weighted by Crippen LogP contribution is 2.24. The molecule has 2 heterocycles. The lowest BCUT2D eigenvalue weighted by molar-refractivity contribution is 0.102. The Morgan fingerprint density at radius 3 is 3.00 bits per heavy atom. The lowest BCUT2D eigenvalue weighted by atomic mass is 10.1. The van der Waals surface area contributed by atoms with E-state index >= 15 is 0 Å². The molecule has 0 bridgehead atoms. The summed E-state index contributed by atoms with van der Waals surface area (Å²) in [5.74, 6) is 0.443. The quantitative estimate of drug-likeness (QED) is 0.870. The molecule has 130 valence electrons. The van der Waals surface area contributed by atoms with E-state index in [0.717, 1.165) is 25.9 Å². The molecule has 1 unspecified atom stereocenters. The molecule has 0 saturated carbocycles. The number of amides is 1. The van der Waals surface area contributed by atoms with E-state index in [2.05, 4.69) is 15.7 Å². The summed E-state index contributed by atoms with van der Waals surface area (Å²) in [6, 6.07) is 9.49. The van der Waals surface area contributed by atoms with Gasteiger partial charge in [0.2, 0.25) is 0 Å². The Labute approximate surface area is 148 Å². The van der Waals surface area contributed by atoms with Crippen LogP contribution in [0.4, 0.5) is 5.69 Å². The number of carbonyl (C=O) groups is 1. The first kappa shape index (κ1) is 18.3. The number of carbonyl (C=O) groups excluding carboxylic acids is 1. The zero-order valence-corrected chi connectivity index (χ0v) is 14.5. The van der Waals surface area contributed by atoms with E-state index in [-0.39, 0.29) is 18.3 Å². The van der Waals surface area contributed by atoms with Crippen LogP contribution in [-0.2, 0) is 0 Å². The van der Waals surface area contributed by atoms with Crippen LogP contribution in [0.25, 0.3) is 0 Å². The van der Waals surface area contributed by atoms with Crippen LogP contribution in [0.15, 0.2) is 36.5 Å². The maximum Gasteiger partial charge on any atom is 0.276 e. The van der Waals surface area contributed by atoms with Gasteiger partial charge in [-0.25, -0.2) is 0 Å². The van der Waals surface area contributed by atoms with Gasteiger partial charge < -0.3 is 15.4 Å². The lowest BCUT2D eigenvalue weighted by Crippen LogP contribution is -2.32. The third-order valence-corrected chi connectivity index (χ3v) is 3.92. The highest BCUT2D eigenvalue weighted by atomic mass is 35.5. The number of para-hydroxylation sites is 2. The van der Waals surface area contributed by atoms with E-state index < -0.39 is 0 Å². The lowest BCUT2D eigenvalue weighted by Gasteiger charge is -2.22. The summed E-state index contributed by atoms with van der Waals surface area (Å²) in [6.07, 6.45) is 4.09. The van der Waals surface area contributed by atoms with Crippen LogP contribution in [0, 0.1) is 0 Å². The number of piperidine rings is 1. The van der Waals surface area contributed by atoms with E-state index in [1.165, 1.54) is 0 Å². The third-order valence-electron chi connectivity index (χ3n) is 3.92. The molecule has 0 radical (unpaired) electrons. The average Bonchev–Trinajstić information content (AvgIpc) is 3.08. The van der Waals surface area contributed by atoms with Crippen molar-refractivity contribution in [3.8, 4) is 5.75 Å². The number of rotatable bonds is 5. The molecular weight excluding hydrogens is 328 g/mol. The molecule has 0 aliphatic carbocycles. The highest BCUT2D eigenvalue weighted by Gasteiger charge is 2.18. The number of nitrogens with zero attached hydrogens (tertiary/aromatic N) is 2. The number of hydrogen-bond acceptors (Lipinski definition) is 4. The molecule has 6 nitrogen and oxygen atoms in total. The maximum absolute atomic E-state index is 12.4. The van der Waals surface area contributed by atoms with Crippen molar-refractivity contribution in [1.29, 1.82) is 0 Å². The predicted octanol–water partition coefficient (Wildman–Crippen LogP) is 2.88. The third kappa shape index (κ3) is 4.27. The van der Waals surface area contributed by atoms with Gasteiger partial charge in [0.25, 0.3) is 5.91 Å². The number of anilines is 1. The topological polar surface area (TPSA) is 68.2 Å². The van der Waals surface area contributed by atoms with Gasteiger partial charge >= 0.3 is 0 Å². The van der Waals surface area contributed by atoms with Crippen molar-refractivity contribution in [3.05, 3.63) is 42.2 Å². The monoisotopic (exact) mass is 350 g/mol.